The molecule has 1 unspecified atom stereocenters. The van der Waals surface area contributed by atoms with Crippen molar-refractivity contribution in [2.24, 2.45) is 5.73 Å². The standard InChI is InChI=1S/C14H16BrNS/c15-13-10-17-9-12(13)14(16)8-4-7-11-5-2-1-3-6-11/h1-3,5-6,9-10,14H,4,7-8,16H2. The summed E-state index contributed by atoms with van der Waals surface area (Å²) in [6.45, 7) is 0. The van der Waals surface area contributed by atoms with Crippen LogP contribution in [0.2, 0.25) is 0 Å². The minimum absolute atomic E-state index is 0.152. The van der Waals surface area contributed by atoms with Crippen LogP contribution in [0.5, 0.6) is 0 Å². The molecule has 0 fully saturated rings. The van der Waals surface area contributed by atoms with Gasteiger partial charge >= 0.3 is 0 Å². The van der Waals surface area contributed by atoms with Gasteiger partial charge in [-0.1, -0.05) is 30.3 Å². The van der Waals surface area contributed by atoms with Crippen LogP contribution in [-0.4, -0.2) is 0 Å². The lowest BCUT2D eigenvalue weighted by Crippen LogP contribution is -2.10. The second-order valence-electron chi connectivity index (χ2n) is 4.16. The van der Waals surface area contributed by atoms with Gasteiger partial charge in [-0.15, -0.1) is 0 Å². The van der Waals surface area contributed by atoms with Gasteiger partial charge in [0.1, 0.15) is 0 Å². The monoisotopic (exact) mass is 309 g/mol. The lowest BCUT2D eigenvalue weighted by atomic mass is 10.0. The van der Waals surface area contributed by atoms with Crippen LogP contribution in [0, 0.1) is 0 Å². The molecule has 2 rings (SSSR count). The first-order valence-corrected chi connectivity index (χ1v) is 7.52. The number of aryl methyl sites for hydroxylation is 1. The predicted octanol–water partition coefficient (Wildman–Crippen LogP) is 4.53. The third-order valence-corrected chi connectivity index (χ3v) is 4.62. The molecule has 2 aromatic rings. The zero-order chi connectivity index (χ0) is 12.1. The van der Waals surface area contributed by atoms with Gasteiger partial charge in [0.25, 0.3) is 0 Å². The van der Waals surface area contributed by atoms with Crippen LogP contribution < -0.4 is 5.73 Å². The number of hydrogen-bond donors (Lipinski definition) is 1. The molecule has 0 saturated carbocycles. The Morgan fingerprint density at radius 2 is 1.94 bits per heavy atom. The lowest BCUT2D eigenvalue weighted by molar-refractivity contribution is 0.611. The summed E-state index contributed by atoms with van der Waals surface area (Å²) in [5.41, 5.74) is 8.81. The van der Waals surface area contributed by atoms with Crippen LogP contribution in [0.4, 0.5) is 0 Å². The molecule has 0 amide bonds. The molecule has 1 atom stereocenters. The number of hydrogen-bond acceptors (Lipinski definition) is 2. The first kappa shape index (κ1) is 12.8. The second kappa shape index (κ2) is 6.34. The Bertz CT molecular complexity index is 452. The summed E-state index contributed by atoms with van der Waals surface area (Å²) in [5.74, 6) is 0. The van der Waals surface area contributed by atoms with E-state index in [0.29, 0.717) is 0 Å². The van der Waals surface area contributed by atoms with Gasteiger partial charge in [0, 0.05) is 15.9 Å². The Hall–Kier alpha value is -0.640. The second-order valence-corrected chi connectivity index (χ2v) is 5.76. The summed E-state index contributed by atoms with van der Waals surface area (Å²) < 4.78 is 1.15. The van der Waals surface area contributed by atoms with E-state index in [9.17, 15) is 0 Å². The van der Waals surface area contributed by atoms with Crippen LogP contribution in [0.15, 0.2) is 45.6 Å². The molecule has 0 aliphatic heterocycles. The highest BCUT2D eigenvalue weighted by molar-refractivity contribution is 9.10. The highest BCUT2D eigenvalue weighted by Gasteiger charge is 2.10. The van der Waals surface area contributed by atoms with E-state index >= 15 is 0 Å². The zero-order valence-corrected chi connectivity index (χ0v) is 12.0. The predicted molar refractivity (Wildman–Crippen MR) is 78.3 cm³/mol. The van der Waals surface area contributed by atoms with E-state index < -0.39 is 0 Å². The van der Waals surface area contributed by atoms with E-state index in [0.717, 1.165) is 23.7 Å². The normalized spacial score (nSPS) is 12.6. The Balaban J connectivity index is 1.81. The zero-order valence-electron chi connectivity index (χ0n) is 9.60. The molecule has 0 radical (unpaired) electrons. The SMILES string of the molecule is NC(CCCc1ccccc1)c1cscc1Br. The minimum Gasteiger partial charge on any atom is -0.324 e. The quantitative estimate of drug-likeness (QED) is 0.862. The number of nitrogens with two attached hydrogens (primary N) is 1. The first-order valence-electron chi connectivity index (χ1n) is 5.78. The molecule has 2 N–H and O–H groups in total. The van der Waals surface area contributed by atoms with Crippen molar-refractivity contribution < 1.29 is 0 Å². The summed E-state index contributed by atoms with van der Waals surface area (Å²) >= 11 is 5.23. The number of rotatable bonds is 5. The number of halogens is 1. The third-order valence-electron chi connectivity index (χ3n) is 2.87. The van der Waals surface area contributed by atoms with Crippen molar-refractivity contribution in [1.29, 1.82) is 0 Å². The van der Waals surface area contributed by atoms with Crippen molar-refractivity contribution in [1.82, 2.24) is 0 Å². The van der Waals surface area contributed by atoms with Gasteiger partial charge in [0.05, 0.1) is 0 Å². The van der Waals surface area contributed by atoms with Crippen molar-refractivity contribution in [3.05, 3.63) is 56.7 Å². The molecule has 0 aliphatic rings. The average molecular weight is 310 g/mol. The van der Waals surface area contributed by atoms with Crippen molar-refractivity contribution in [3.8, 4) is 0 Å². The summed E-state index contributed by atoms with van der Waals surface area (Å²) in [6, 6.07) is 10.7. The van der Waals surface area contributed by atoms with Crippen molar-refractivity contribution >= 4 is 27.3 Å². The maximum atomic E-state index is 6.18. The molecule has 0 spiro atoms. The van der Waals surface area contributed by atoms with Crippen LogP contribution in [-0.2, 0) is 6.42 Å². The van der Waals surface area contributed by atoms with Crippen LogP contribution in [0.25, 0.3) is 0 Å². The molecule has 1 nitrogen and oxygen atoms in total. The summed E-state index contributed by atoms with van der Waals surface area (Å²) in [5, 5.41) is 4.23. The number of benzene rings is 1. The Labute approximate surface area is 115 Å². The fourth-order valence-electron chi connectivity index (χ4n) is 1.88. The smallest absolute Gasteiger partial charge is 0.0330 e. The lowest BCUT2D eigenvalue weighted by Gasteiger charge is -2.10. The van der Waals surface area contributed by atoms with Crippen molar-refractivity contribution in [3.63, 3.8) is 0 Å². The van der Waals surface area contributed by atoms with E-state index in [-0.39, 0.29) is 6.04 Å². The van der Waals surface area contributed by atoms with Crippen LogP contribution in [0.3, 0.4) is 0 Å². The molecular formula is C14H16BrNS. The van der Waals surface area contributed by atoms with Crippen LogP contribution in [0.1, 0.15) is 30.0 Å². The molecule has 1 aromatic heterocycles. The van der Waals surface area contributed by atoms with E-state index in [2.05, 4.69) is 57.0 Å². The Kier molecular flexibility index (Phi) is 4.77. The molecule has 90 valence electrons. The summed E-state index contributed by atoms with van der Waals surface area (Å²) in [6.07, 6.45) is 3.27. The van der Waals surface area contributed by atoms with E-state index in [4.69, 9.17) is 5.73 Å². The maximum Gasteiger partial charge on any atom is 0.0330 e. The topological polar surface area (TPSA) is 26.0 Å². The molecule has 3 heteroatoms. The van der Waals surface area contributed by atoms with E-state index in [1.807, 2.05) is 0 Å². The Morgan fingerprint density at radius 1 is 1.18 bits per heavy atom. The number of thiophene rings is 1. The maximum absolute atomic E-state index is 6.18. The third kappa shape index (κ3) is 3.66. The van der Waals surface area contributed by atoms with Crippen molar-refractivity contribution in [2.75, 3.05) is 0 Å². The molecule has 0 saturated heterocycles. The van der Waals surface area contributed by atoms with Gasteiger partial charge in [0.2, 0.25) is 0 Å². The minimum atomic E-state index is 0.152. The van der Waals surface area contributed by atoms with Gasteiger partial charge < -0.3 is 5.73 Å². The van der Waals surface area contributed by atoms with E-state index in [1.54, 1.807) is 11.3 Å². The first-order chi connectivity index (χ1) is 8.27. The van der Waals surface area contributed by atoms with Crippen LogP contribution >= 0.6 is 27.3 Å². The molecule has 0 bridgehead atoms. The molecule has 17 heavy (non-hydrogen) atoms. The fourth-order valence-corrected chi connectivity index (χ4v) is 3.54. The van der Waals surface area contributed by atoms with Gasteiger partial charge in [-0.3, -0.25) is 0 Å². The van der Waals surface area contributed by atoms with E-state index in [1.165, 1.54) is 11.1 Å². The van der Waals surface area contributed by atoms with Gasteiger partial charge in [-0.25, -0.2) is 0 Å². The molecule has 1 heterocycles. The largest absolute Gasteiger partial charge is 0.324 e. The molecule has 0 aliphatic carbocycles. The average Bonchev–Trinajstić information content (AvgIpc) is 2.77. The van der Waals surface area contributed by atoms with Gasteiger partial charge in [-0.05, 0) is 51.7 Å². The summed E-state index contributed by atoms with van der Waals surface area (Å²) in [4.78, 5) is 0. The van der Waals surface area contributed by atoms with Gasteiger partial charge in [-0.2, -0.15) is 11.3 Å². The Morgan fingerprint density at radius 3 is 2.59 bits per heavy atom. The van der Waals surface area contributed by atoms with Crippen molar-refractivity contribution in [2.45, 2.75) is 25.3 Å². The molecule has 1 aromatic carbocycles. The highest BCUT2D eigenvalue weighted by Crippen LogP contribution is 2.28. The molecular weight excluding hydrogens is 294 g/mol. The van der Waals surface area contributed by atoms with Gasteiger partial charge in [0.15, 0.2) is 0 Å². The fraction of sp³-hybridized carbons (Fsp3) is 0.286. The summed E-state index contributed by atoms with van der Waals surface area (Å²) in [7, 11) is 0. The highest BCUT2D eigenvalue weighted by atomic mass is 79.9.